The fourth-order valence-corrected chi connectivity index (χ4v) is 3.48. The van der Waals surface area contributed by atoms with Crippen molar-refractivity contribution in [2.24, 2.45) is 0 Å². The molecule has 0 bridgehead atoms. The molecule has 1 fully saturated rings. The molecule has 2 atom stereocenters. The minimum atomic E-state index is 0.772. The number of thioether (sulfide) groups is 1. The maximum atomic E-state index is 4.24. The SMILES string of the molecule is CC1SCCN(CCCCCCS)C1C. The van der Waals surface area contributed by atoms with E-state index in [2.05, 4.69) is 43.1 Å². The maximum absolute atomic E-state index is 4.24. The first-order valence-corrected chi connectivity index (χ1v) is 7.90. The van der Waals surface area contributed by atoms with Crippen molar-refractivity contribution in [1.29, 1.82) is 0 Å². The lowest BCUT2D eigenvalue weighted by Crippen LogP contribution is -2.44. The van der Waals surface area contributed by atoms with Gasteiger partial charge in [-0.25, -0.2) is 0 Å². The number of hydrogen-bond acceptors (Lipinski definition) is 3. The molecule has 2 unspecified atom stereocenters. The molecule has 1 saturated heterocycles. The third-order valence-corrected chi connectivity index (χ3v) is 5.02. The largest absolute Gasteiger partial charge is 0.299 e. The van der Waals surface area contributed by atoms with Gasteiger partial charge in [0.1, 0.15) is 0 Å². The number of unbranched alkanes of at least 4 members (excludes halogenated alkanes) is 3. The second kappa shape index (κ2) is 7.86. The Hall–Kier alpha value is 0.660. The maximum Gasteiger partial charge on any atom is 0.0184 e. The van der Waals surface area contributed by atoms with Crippen LogP contribution in [0.4, 0.5) is 0 Å². The summed E-state index contributed by atoms with van der Waals surface area (Å²) in [5.41, 5.74) is 0. The van der Waals surface area contributed by atoms with E-state index in [1.54, 1.807) is 0 Å². The molecule has 15 heavy (non-hydrogen) atoms. The summed E-state index contributed by atoms with van der Waals surface area (Å²) in [5.74, 6) is 2.37. The molecule has 1 aliphatic heterocycles. The highest BCUT2D eigenvalue weighted by molar-refractivity contribution is 8.00. The van der Waals surface area contributed by atoms with Crippen molar-refractivity contribution >= 4 is 24.4 Å². The van der Waals surface area contributed by atoms with E-state index in [9.17, 15) is 0 Å². The molecular formula is C12H25NS2. The first-order chi connectivity index (χ1) is 7.25. The van der Waals surface area contributed by atoms with Crippen molar-refractivity contribution < 1.29 is 0 Å². The molecule has 0 radical (unpaired) electrons. The quantitative estimate of drug-likeness (QED) is 0.567. The van der Waals surface area contributed by atoms with Gasteiger partial charge in [-0.15, -0.1) is 0 Å². The second-order valence-corrected chi connectivity index (χ2v) is 6.42. The third kappa shape index (κ3) is 5.01. The highest BCUT2D eigenvalue weighted by atomic mass is 32.2. The summed E-state index contributed by atoms with van der Waals surface area (Å²) in [6, 6.07) is 0.772. The van der Waals surface area contributed by atoms with Gasteiger partial charge < -0.3 is 0 Å². The van der Waals surface area contributed by atoms with Crippen LogP contribution in [0, 0.1) is 0 Å². The van der Waals surface area contributed by atoms with Crippen LogP contribution < -0.4 is 0 Å². The molecule has 1 heterocycles. The predicted molar refractivity (Wildman–Crippen MR) is 75.3 cm³/mol. The molecule has 0 N–H and O–H groups in total. The summed E-state index contributed by atoms with van der Waals surface area (Å²) in [7, 11) is 0. The Labute approximate surface area is 105 Å². The molecule has 0 aromatic carbocycles. The van der Waals surface area contributed by atoms with E-state index < -0.39 is 0 Å². The topological polar surface area (TPSA) is 3.24 Å². The van der Waals surface area contributed by atoms with Crippen LogP contribution >= 0.6 is 24.4 Å². The molecule has 90 valence electrons. The average molecular weight is 247 g/mol. The van der Waals surface area contributed by atoms with Gasteiger partial charge in [-0.2, -0.15) is 24.4 Å². The van der Waals surface area contributed by atoms with Crippen LogP contribution in [0.5, 0.6) is 0 Å². The zero-order valence-corrected chi connectivity index (χ0v) is 11.8. The molecule has 1 rings (SSSR count). The summed E-state index contributed by atoms with van der Waals surface area (Å²) in [6.45, 7) is 7.34. The van der Waals surface area contributed by atoms with Crippen LogP contribution in [0.3, 0.4) is 0 Å². The van der Waals surface area contributed by atoms with Gasteiger partial charge in [0.05, 0.1) is 0 Å². The van der Waals surface area contributed by atoms with E-state index in [4.69, 9.17) is 0 Å². The van der Waals surface area contributed by atoms with Crippen molar-refractivity contribution in [3.8, 4) is 0 Å². The second-order valence-electron chi connectivity index (χ2n) is 4.49. The van der Waals surface area contributed by atoms with Crippen LogP contribution in [0.1, 0.15) is 39.5 Å². The van der Waals surface area contributed by atoms with E-state index in [-0.39, 0.29) is 0 Å². The highest BCUT2D eigenvalue weighted by Gasteiger charge is 2.24. The Morgan fingerprint density at radius 3 is 2.67 bits per heavy atom. The van der Waals surface area contributed by atoms with Crippen LogP contribution in [0.15, 0.2) is 0 Å². The Bertz CT molecular complexity index is 164. The minimum Gasteiger partial charge on any atom is -0.299 e. The summed E-state index contributed by atoms with van der Waals surface area (Å²) in [6.07, 6.45) is 5.39. The van der Waals surface area contributed by atoms with Crippen molar-refractivity contribution in [3.05, 3.63) is 0 Å². The highest BCUT2D eigenvalue weighted by Crippen LogP contribution is 2.24. The van der Waals surface area contributed by atoms with Gasteiger partial charge >= 0.3 is 0 Å². The third-order valence-electron chi connectivity index (χ3n) is 3.37. The van der Waals surface area contributed by atoms with Gasteiger partial charge in [-0.3, -0.25) is 4.90 Å². The molecule has 0 aromatic heterocycles. The lowest BCUT2D eigenvalue weighted by molar-refractivity contribution is 0.208. The zero-order chi connectivity index (χ0) is 11.1. The average Bonchev–Trinajstić information content (AvgIpc) is 2.24. The van der Waals surface area contributed by atoms with Crippen molar-refractivity contribution in [2.45, 2.75) is 50.8 Å². The Morgan fingerprint density at radius 2 is 1.93 bits per heavy atom. The first-order valence-electron chi connectivity index (χ1n) is 6.22. The standard InChI is InChI=1S/C12H25NS2/c1-11-12(2)15-10-8-13(11)7-5-3-4-6-9-14/h11-12,14H,3-10H2,1-2H3. The first kappa shape index (κ1) is 13.7. The van der Waals surface area contributed by atoms with Gasteiger partial charge in [0.2, 0.25) is 0 Å². The van der Waals surface area contributed by atoms with Crippen LogP contribution in [0.25, 0.3) is 0 Å². The summed E-state index contributed by atoms with van der Waals surface area (Å²) >= 11 is 6.36. The molecular weight excluding hydrogens is 222 g/mol. The van der Waals surface area contributed by atoms with E-state index in [1.807, 2.05) is 0 Å². The van der Waals surface area contributed by atoms with Crippen molar-refractivity contribution in [2.75, 3.05) is 24.6 Å². The van der Waals surface area contributed by atoms with Gasteiger partial charge in [0.25, 0.3) is 0 Å². The Morgan fingerprint density at radius 1 is 1.20 bits per heavy atom. The Balaban J connectivity index is 2.09. The molecule has 0 saturated carbocycles. The Kier molecular flexibility index (Phi) is 7.19. The molecule has 1 aliphatic rings. The molecule has 0 amide bonds. The molecule has 0 spiro atoms. The van der Waals surface area contributed by atoms with E-state index in [1.165, 1.54) is 44.5 Å². The number of nitrogens with zero attached hydrogens (tertiary/aromatic N) is 1. The van der Waals surface area contributed by atoms with Gasteiger partial charge in [0, 0.05) is 23.6 Å². The molecule has 1 nitrogen and oxygen atoms in total. The normalized spacial score (nSPS) is 28.2. The van der Waals surface area contributed by atoms with Gasteiger partial charge in [0.15, 0.2) is 0 Å². The lowest BCUT2D eigenvalue weighted by atomic mass is 10.1. The lowest BCUT2D eigenvalue weighted by Gasteiger charge is -2.37. The van der Waals surface area contributed by atoms with E-state index in [0.29, 0.717) is 0 Å². The van der Waals surface area contributed by atoms with Crippen LogP contribution in [0.2, 0.25) is 0 Å². The fraction of sp³-hybridized carbons (Fsp3) is 1.00. The summed E-state index contributed by atoms with van der Waals surface area (Å²) in [4.78, 5) is 2.67. The van der Waals surface area contributed by atoms with Gasteiger partial charge in [-0.05, 0) is 32.1 Å². The zero-order valence-electron chi connectivity index (χ0n) is 10.1. The van der Waals surface area contributed by atoms with Gasteiger partial charge in [-0.1, -0.05) is 19.8 Å². The number of hydrogen-bond donors (Lipinski definition) is 1. The monoisotopic (exact) mass is 247 g/mol. The molecule has 3 heteroatoms. The summed E-state index contributed by atoms with van der Waals surface area (Å²) < 4.78 is 0. The molecule has 0 aliphatic carbocycles. The van der Waals surface area contributed by atoms with E-state index in [0.717, 1.165) is 17.0 Å². The van der Waals surface area contributed by atoms with E-state index >= 15 is 0 Å². The van der Waals surface area contributed by atoms with Crippen LogP contribution in [-0.4, -0.2) is 40.8 Å². The molecule has 0 aromatic rings. The predicted octanol–water partition coefficient (Wildman–Crippen LogP) is 3.30. The van der Waals surface area contributed by atoms with Crippen LogP contribution in [-0.2, 0) is 0 Å². The summed E-state index contributed by atoms with van der Waals surface area (Å²) in [5, 5.41) is 0.816. The van der Waals surface area contributed by atoms with Crippen molar-refractivity contribution in [1.82, 2.24) is 4.90 Å². The smallest absolute Gasteiger partial charge is 0.0184 e. The number of thiol groups is 1. The van der Waals surface area contributed by atoms with Crippen molar-refractivity contribution in [3.63, 3.8) is 0 Å². The number of rotatable bonds is 6. The minimum absolute atomic E-state index is 0.772. The fourth-order valence-electron chi connectivity index (χ4n) is 2.09.